The number of carbonyl (C=O) groups excluding carboxylic acids is 2. The second kappa shape index (κ2) is 10.1. The summed E-state index contributed by atoms with van der Waals surface area (Å²) in [6.45, 7) is 9.20. The van der Waals surface area contributed by atoms with Gasteiger partial charge in [-0.1, -0.05) is 25.7 Å². The number of fused-ring (bicyclic) bond motifs is 1. The van der Waals surface area contributed by atoms with E-state index in [4.69, 9.17) is 4.74 Å². The summed E-state index contributed by atoms with van der Waals surface area (Å²) in [7, 11) is 1.73. The predicted octanol–water partition coefficient (Wildman–Crippen LogP) is 1.29. The van der Waals surface area contributed by atoms with Gasteiger partial charge in [0.2, 0.25) is 11.8 Å². The van der Waals surface area contributed by atoms with Gasteiger partial charge in [-0.25, -0.2) is 4.98 Å². The molecule has 0 bridgehead atoms. The summed E-state index contributed by atoms with van der Waals surface area (Å²) >= 11 is 0. The minimum atomic E-state index is -1.18. The Morgan fingerprint density at radius 1 is 1.48 bits per heavy atom. The van der Waals surface area contributed by atoms with Gasteiger partial charge in [-0.15, -0.1) is 0 Å². The number of carbonyl (C=O) groups is 2. The highest BCUT2D eigenvalue weighted by atomic mass is 16.5. The third-order valence-electron chi connectivity index (χ3n) is 5.22. The van der Waals surface area contributed by atoms with Crippen molar-refractivity contribution >= 4 is 11.8 Å². The average Bonchev–Trinajstić information content (AvgIpc) is 2.72. The molecule has 8 heteroatoms. The SMILES string of the molecule is CCC(=O)N(C)C[C@@H]1Oc2ncc(C#CC(C)(C)O)cc2C(=O)N([C@@H](C)CO)C[C@H]1C. The average molecular weight is 432 g/mol. The lowest BCUT2D eigenvalue weighted by molar-refractivity contribution is -0.131. The van der Waals surface area contributed by atoms with E-state index in [0.29, 0.717) is 25.1 Å². The van der Waals surface area contributed by atoms with Crippen LogP contribution in [0.4, 0.5) is 0 Å². The molecule has 1 aliphatic heterocycles. The van der Waals surface area contributed by atoms with E-state index in [-0.39, 0.29) is 41.9 Å². The number of pyridine rings is 1. The zero-order chi connectivity index (χ0) is 23.3. The number of aromatic nitrogens is 1. The molecular weight excluding hydrogens is 398 g/mol. The number of rotatable bonds is 5. The fourth-order valence-electron chi connectivity index (χ4n) is 3.26. The molecular formula is C23H33N3O5. The minimum Gasteiger partial charge on any atom is -0.472 e. The lowest BCUT2D eigenvalue weighted by atomic mass is 9.99. The van der Waals surface area contributed by atoms with E-state index in [9.17, 15) is 19.8 Å². The summed E-state index contributed by atoms with van der Waals surface area (Å²) in [5.74, 6) is 5.30. The van der Waals surface area contributed by atoms with Gasteiger partial charge in [-0.3, -0.25) is 9.59 Å². The van der Waals surface area contributed by atoms with E-state index < -0.39 is 11.6 Å². The molecule has 170 valence electrons. The molecule has 0 aromatic carbocycles. The first-order valence-electron chi connectivity index (χ1n) is 10.5. The highest BCUT2D eigenvalue weighted by molar-refractivity contribution is 5.97. The third kappa shape index (κ3) is 6.42. The van der Waals surface area contributed by atoms with Crippen LogP contribution in [0, 0.1) is 17.8 Å². The molecule has 2 heterocycles. The van der Waals surface area contributed by atoms with Gasteiger partial charge in [-0.05, 0) is 26.8 Å². The monoisotopic (exact) mass is 431 g/mol. The number of hydrogen-bond acceptors (Lipinski definition) is 6. The van der Waals surface area contributed by atoms with Crippen LogP contribution in [0.15, 0.2) is 12.3 Å². The van der Waals surface area contributed by atoms with Gasteiger partial charge < -0.3 is 24.7 Å². The molecule has 31 heavy (non-hydrogen) atoms. The van der Waals surface area contributed by atoms with Gasteiger partial charge in [0.05, 0.1) is 19.2 Å². The zero-order valence-electron chi connectivity index (χ0n) is 19.2. The number of likely N-dealkylation sites (N-methyl/N-ethyl adjacent to an activating group) is 1. The fourth-order valence-corrected chi connectivity index (χ4v) is 3.26. The van der Waals surface area contributed by atoms with E-state index in [1.807, 2.05) is 6.92 Å². The molecule has 2 N–H and O–H groups in total. The van der Waals surface area contributed by atoms with Crippen molar-refractivity contribution in [3.63, 3.8) is 0 Å². The molecule has 0 fully saturated rings. The summed E-state index contributed by atoms with van der Waals surface area (Å²) in [6, 6.07) is 1.19. The molecule has 0 unspecified atom stereocenters. The van der Waals surface area contributed by atoms with Crippen LogP contribution in [-0.4, -0.2) is 81.3 Å². The summed E-state index contributed by atoms with van der Waals surface area (Å²) in [5.41, 5.74) is -0.471. The van der Waals surface area contributed by atoms with Crippen LogP contribution in [0.2, 0.25) is 0 Å². The van der Waals surface area contributed by atoms with Crippen LogP contribution in [0.3, 0.4) is 0 Å². The molecule has 0 aliphatic carbocycles. The Morgan fingerprint density at radius 2 is 2.16 bits per heavy atom. The molecule has 8 nitrogen and oxygen atoms in total. The van der Waals surface area contributed by atoms with Crippen LogP contribution in [0.5, 0.6) is 5.88 Å². The lowest BCUT2D eigenvalue weighted by Gasteiger charge is -2.37. The Balaban J connectivity index is 2.49. The first-order valence-corrected chi connectivity index (χ1v) is 10.5. The Kier molecular flexibility index (Phi) is 8.04. The fraction of sp³-hybridized carbons (Fsp3) is 0.609. The lowest BCUT2D eigenvalue weighted by Crippen LogP contribution is -2.50. The Bertz CT molecular complexity index is 868. The maximum absolute atomic E-state index is 13.3. The largest absolute Gasteiger partial charge is 0.472 e. The Hall–Kier alpha value is -2.63. The Morgan fingerprint density at radius 3 is 2.74 bits per heavy atom. The number of aliphatic hydroxyl groups excluding tert-OH is 1. The van der Waals surface area contributed by atoms with Crippen molar-refractivity contribution in [1.29, 1.82) is 0 Å². The second-order valence-corrected chi connectivity index (χ2v) is 8.64. The number of hydrogen-bond donors (Lipinski definition) is 2. The molecule has 0 radical (unpaired) electrons. The first-order chi connectivity index (χ1) is 14.5. The van der Waals surface area contributed by atoms with Gasteiger partial charge in [0.25, 0.3) is 5.91 Å². The standard InChI is InChI=1S/C23H33N3O5/c1-7-20(28)25(6)13-19-15(2)12-26(16(3)14-27)22(29)18-10-17(8-9-23(4,5)30)11-24-21(18)31-19/h10-11,15-16,19,27,30H,7,12-14H2,1-6H3/t15-,16+,19+/m1/s1. The highest BCUT2D eigenvalue weighted by Crippen LogP contribution is 2.27. The highest BCUT2D eigenvalue weighted by Gasteiger charge is 2.34. The maximum atomic E-state index is 13.3. The van der Waals surface area contributed by atoms with Crippen molar-refractivity contribution in [1.82, 2.24) is 14.8 Å². The van der Waals surface area contributed by atoms with Crippen LogP contribution in [0.1, 0.15) is 57.0 Å². The van der Waals surface area contributed by atoms with Gasteiger partial charge in [0, 0.05) is 37.7 Å². The van der Waals surface area contributed by atoms with E-state index in [2.05, 4.69) is 16.8 Å². The van der Waals surface area contributed by atoms with E-state index >= 15 is 0 Å². The molecule has 0 saturated carbocycles. The van der Waals surface area contributed by atoms with Crippen LogP contribution >= 0.6 is 0 Å². The van der Waals surface area contributed by atoms with Crippen molar-refractivity contribution in [2.24, 2.45) is 5.92 Å². The van der Waals surface area contributed by atoms with Gasteiger partial charge in [-0.2, -0.15) is 0 Å². The maximum Gasteiger partial charge on any atom is 0.259 e. The molecule has 1 aliphatic rings. The summed E-state index contributed by atoms with van der Waals surface area (Å²) in [5, 5.41) is 19.6. The summed E-state index contributed by atoms with van der Waals surface area (Å²) in [6.07, 6.45) is 1.50. The summed E-state index contributed by atoms with van der Waals surface area (Å²) < 4.78 is 6.13. The molecule has 1 aromatic rings. The Labute approximate surface area is 184 Å². The summed E-state index contributed by atoms with van der Waals surface area (Å²) in [4.78, 5) is 32.9. The molecule has 1 aromatic heterocycles. The van der Waals surface area contributed by atoms with Crippen molar-refractivity contribution in [3.8, 4) is 17.7 Å². The van der Waals surface area contributed by atoms with Gasteiger partial charge in [0.1, 0.15) is 17.3 Å². The van der Waals surface area contributed by atoms with Crippen molar-refractivity contribution in [2.75, 3.05) is 26.7 Å². The molecule has 0 saturated heterocycles. The molecule has 2 amide bonds. The normalized spacial score (nSPS) is 19.9. The predicted molar refractivity (Wildman–Crippen MR) is 117 cm³/mol. The van der Waals surface area contributed by atoms with Crippen LogP contribution in [-0.2, 0) is 4.79 Å². The van der Waals surface area contributed by atoms with Crippen molar-refractivity contribution in [3.05, 3.63) is 23.4 Å². The topological polar surface area (TPSA) is 103 Å². The van der Waals surface area contributed by atoms with Crippen LogP contribution < -0.4 is 4.74 Å². The van der Waals surface area contributed by atoms with Crippen molar-refractivity contribution in [2.45, 2.75) is 58.8 Å². The first kappa shape index (κ1) is 24.6. The van der Waals surface area contributed by atoms with Crippen LogP contribution in [0.25, 0.3) is 0 Å². The number of amides is 2. The molecule has 0 spiro atoms. The zero-order valence-corrected chi connectivity index (χ0v) is 19.2. The van der Waals surface area contributed by atoms with E-state index in [1.54, 1.807) is 50.6 Å². The smallest absolute Gasteiger partial charge is 0.259 e. The van der Waals surface area contributed by atoms with Gasteiger partial charge in [0.15, 0.2) is 0 Å². The quantitative estimate of drug-likeness (QED) is 0.681. The number of ether oxygens (including phenoxy) is 1. The number of aliphatic hydroxyl groups is 2. The third-order valence-corrected chi connectivity index (χ3v) is 5.22. The number of nitrogens with zero attached hydrogens (tertiary/aromatic N) is 3. The van der Waals surface area contributed by atoms with Gasteiger partial charge >= 0.3 is 0 Å². The van der Waals surface area contributed by atoms with E-state index in [1.165, 1.54) is 6.20 Å². The molecule has 2 rings (SSSR count). The minimum absolute atomic E-state index is 0.0000544. The van der Waals surface area contributed by atoms with E-state index in [0.717, 1.165) is 0 Å². The van der Waals surface area contributed by atoms with Crippen molar-refractivity contribution < 1.29 is 24.5 Å². The molecule has 3 atom stereocenters. The second-order valence-electron chi connectivity index (χ2n) is 8.64.